The van der Waals surface area contributed by atoms with Crippen LogP contribution in [-0.2, 0) is 9.53 Å². The summed E-state index contributed by atoms with van der Waals surface area (Å²) in [6.45, 7) is 0.992. The summed E-state index contributed by atoms with van der Waals surface area (Å²) in [5, 5.41) is 9.13. The van der Waals surface area contributed by atoms with E-state index in [1.54, 1.807) is 12.1 Å². The molecule has 0 spiro atoms. The number of nitriles is 1. The lowest BCUT2D eigenvalue weighted by atomic mass is 9.85. The van der Waals surface area contributed by atoms with Crippen molar-refractivity contribution >= 4 is 5.78 Å². The minimum Gasteiger partial charge on any atom is -0.381 e. The van der Waals surface area contributed by atoms with Crippen molar-refractivity contribution in [2.45, 2.75) is 18.8 Å². The third kappa shape index (κ3) is 2.57. The fraction of sp³-hybridized carbons (Fsp3) is 0.429. The van der Waals surface area contributed by atoms with E-state index in [2.05, 4.69) is 0 Å². The summed E-state index contributed by atoms with van der Waals surface area (Å²) in [4.78, 5) is 12.2. The number of benzene rings is 1. The molecule has 0 bridgehead atoms. The Hall–Kier alpha value is -1.73. The van der Waals surface area contributed by atoms with Crippen LogP contribution in [0.5, 0.6) is 0 Å². The molecule has 2 unspecified atom stereocenters. The first-order valence-corrected chi connectivity index (χ1v) is 5.99. The predicted molar refractivity (Wildman–Crippen MR) is 63.3 cm³/mol. The Morgan fingerprint density at radius 3 is 2.89 bits per heavy atom. The molecule has 1 aliphatic heterocycles. The molecule has 0 aliphatic carbocycles. The van der Waals surface area contributed by atoms with E-state index in [1.807, 2.05) is 6.07 Å². The molecule has 4 heteroatoms. The summed E-state index contributed by atoms with van der Waals surface area (Å²) < 4.78 is 18.9. The van der Waals surface area contributed by atoms with E-state index in [-0.39, 0.29) is 17.3 Å². The number of carbonyl (C=O) groups is 1. The van der Waals surface area contributed by atoms with Crippen LogP contribution >= 0.6 is 0 Å². The maximum Gasteiger partial charge on any atom is 0.159 e. The van der Waals surface area contributed by atoms with Gasteiger partial charge < -0.3 is 4.74 Å². The molecule has 0 aromatic heterocycles. The Kier molecular flexibility index (Phi) is 4.06. The smallest absolute Gasteiger partial charge is 0.159 e. The molecule has 3 nitrogen and oxygen atoms in total. The number of Topliss-reactive ketones (excluding diaryl/α,β-unsaturated/α-hetero) is 1. The van der Waals surface area contributed by atoms with E-state index in [9.17, 15) is 9.18 Å². The number of nitrogens with zero attached hydrogens (tertiary/aromatic N) is 1. The largest absolute Gasteiger partial charge is 0.381 e. The van der Waals surface area contributed by atoms with Crippen molar-refractivity contribution in [2.24, 2.45) is 5.92 Å². The van der Waals surface area contributed by atoms with Gasteiger partial charge in [0.05, 0.1) is 12.7 Å². The number of hydrogen-bond acceptors (Lipinski definition) is 3. The molecule has 0 saturated carbocycles. The summed E-state index contributed by atoms with van der Waals surface area (Å²) in [6, 6.07) is 7.85. The Morgan fingerprint density at radius 2 is 2.28 bits per heavy atom. The Morgan fingerprint density at radius 1 is 1.50 bits per heavy atom. The van der Waals surface area contributed by atoms with Gasteiger partial charge in [0, 0.05) is 18.1 Å². The van der Waals surface area contributed by atoms with Crippen LogP contribution in [0.25, 0.3) is 0 Å². The van der Waals surface area contributed by atoms with Crippen molar-refractivity contribution in [3.8, 4) is 6.07 Å². The maximum atomic E-state index is 13.6. The van der Waals surface area contributed by atoms with Crippen molar-refractivity contribution in [2.75, 3.05) is 13.2 Å². The zero-order valence-corrected chi connectivity index (χ0v) is 9.93. The van der Waals surface area contributed by atoms with Crippen LogP contribution in [0.4, 0.5) is 4.39 Å². The standard InChI is InChI=1S/C14H14FNO2/c15-13-6-2-1-5-11(13)12(8-16)14(17)10-4-3-7-18-9-10/h1-2,5-6,10,12H,3-4,7,9H2. The van der Waals surface area contributed by atoms with E-state index in [0.717, 1.165) is 6.42 Å². The minimum absolute atomic E-state index is 0.163. The van der Waals surface area contributed by atoms with Crippen LogP contribution in [0, 0.1) is 23.1 Å². The third-order valence-electron chi connectivity index (χ3n) is 3.19. The van der Waals surface area contributed by atoms with Crippen molar-refractivity contribution in [3.05, 3.63) is 35.6 Å². The van der Waals surface area contributed by atoms with Crippen LogP contribution < -0.4 is 0 Å². The SMILES string of the molecule is N#CC(C(=O)C1CCCOC1)c1ccccc1F. The molecule has 1 aromatic carbocycles. The number of rotatable bonds is 3. The molecular formula is C14H14FNO2. The van der Waals surface area contributed by atoms with E-state index in [0.29, 0.717) is 19.6 Å². The molecule has 1 fully saturated rings. The van der Waals surface area contributed by atoms with Crippen molar-refractivity contribution in [1.82, 2.24) is 0 Å². The molecule has 2 rings (SSSR count). The zero-order chi connectivity index (χ0) is 13.0. The average molecular weight is 247 g/mol. The molecule has 1 heterocycles. The lowest BCUT2D eigenvalue weighted by Gasteiger charge is -2.23. The highest BCUT2D eigenvalue weighted by atomic mass is 19.1. The second-order valence-corrected chi connectivity index (χ2v) is 4.40. The Labute approximate surface area is 105 Å². The zero-order valence-electron chi connectivity index (χ0n) is 9.93. The number of ketones is 1. The van der Waals surface area contributed by atoms with Gasteiger partial charge in [-0.25, -0.2) is 4.39 Å². The molecule has 1 aliphatic rings. The molecule has 0 amide bonds. The van der Waals surface area contributed by atoms with Gasteiger partial charge in [0.2, 0.25) is 0 Å². The van der Waals surface area contributed by atoms with Gasteiger partial charge >= 0.3 is 0 Å². The van der Waals surface area contributed by atoms with E-state index in [4.69, 9.17) is 10.00 Å². The van der Waals surface area contributed by atoms with Crippen LogP contribution in [0.3, 0.4) is 0 Å². The van der Waals surface area contributed by atoms with Crippen molar-refractivity contribution in [3.63, 3.8) is 0 Å². The van der Waals surface area contributed by atoms with Gasteiger partial charge in [0.1, 0.15) is 11.7 Å². The van der Waals surface area contributed by atoms with Gasteiger partial charge in [-0.2, -0.15) is 5.26 Å². The first kappa shape index (κ1) is 12.7. The predicted octanol–water partition coefficient (Wildman–Crippen LogP) is 2.43. The quantitative estimate of drug-likeness (QED) is 0.824. The Bertz CT molecular complexity index is 475. The lowest BCUT2D eigenvalue weighted by Crippen LogP contribution is -2.29. The first-order valence-electron chi connectivity index (χ1n) is 5.99. The van der Waals surface area contributed by atoms with E-state index in [1.165, 1.54) is 12.1 Å². The highest BCUT2D eigenvalue weighted by Crippen LogP contribution is 2.26. The molecule has 0 radical (unpaired) electrons. The highest BCUT2D eigenvalue weighted by molar-refractivity contribution is 5.90. The fourth-order valence-electron chi connectivity index (χ4n) is 2.20. The van der Waals surface area contributed by atoms with Gasteiger partial charge in [-0.05, 0) is 18.9 Å². The molecule has 2 atom stereocenters. The molecule has 1 aromatic rings. The molecular weight excluding hydrogens is 233 g/mol. The normalized spacial score (nSPS) is 21.0. The Balaban J connectivity index is 2.21. The summed E-state index contributed by atoms with van der Waals surface area (Å²) >= 11 is 0. The summed E-state index contributed by atoms with van der Waals surface area (Å²) in [7, 11) is 0. The van der Waals surface area contributed by atoms with E-state index < -0.39 is 11.7 Å². The third-order valence-corrected chi connectivity index (χ3v) is 3.19. The van der Waals surface area contributed by atoms with Crippen LogP contribution in [0.15, 0.2) is 24.3 Å². The monoisotopic (exact) mass is 247 g/mol. The van der Waals surface area contributed by atoms with Gasteiger partial charge in [-0.15, -0.1) is 0 Å². The summed E-state index contributed by atoms with van der Waals surface area (Å²) in [5.41, 5.74) is 0.163. The number of halogens is 1. The number of carbonyl (C=O) groups excluding carboxylic acids is 1. The first-order chi connectivity index (χ1) is 8.74. The van der Waals surface area contributed by atoms with E-state index >= 15 is 0 Å². The average Bonchev–Trinajstić information content (AvgIpc) is 2.42. The minimum atomic E-state index is -1.03. The van der Waals surface area contributed by atoms with Gasteiger partial charge in [-0.1, -0.05) is 18.2 Å². The fourth-order valence-corrected chi connectivity index (χ4v) is 2.20. The van der Waals surface area contributed by atoms with Crippen molar-refractivity contribution < 1.29 is 13.9 Å². The second kappa shape index (κ2) is 5.74. The maximum absolute atomic E-state index is 13.6. The van der Waals surface area contributed by atoms with Gasteiger partial charge in [0.15, 0.2) is 5.78 Å². The number of ether oxygens (including phenoxy) is 1. The number of hydrogen-bond donors (Lipinski definition) is 0. The van der Waals surface area contributed by atoms with Crippen molar-refractivity contribution in [1.29, 1.82) is 5.26 Å². The second-order valence-electron chi connectivity index (χ2n) is 4.40. The topological polar surface area (TPSA) is 50.1 Å². The summed E-state index contributed by atoms with van der Waals surface area (Å²) in [5.74, 6) is -2.06. The van der Waals surface area contributed by atoms with Gasteiger partial charge in [0.25, 0.3) is 0 Å². The lowest BCUT2D eigenvalue weighted by molar-refractivity contribution is -0.127. The molecule has 1 saturated heterocycles. The molecule has 94 valence electrons. The highest BCUT2D eigenvalue weighted by Gasteiger charge is 2.31. The van der Waals surface area contributed by atoms with Gasteiger partial charge in [-0.3, -0.25) is 4.79 Å². The van der Waals surface area contributed by atoms with Crippen LogP contribution in [0.1, 0.15) is 24.3 Å². The van der Waals surface area contributed by atoms with Crippen LogP contribution in [0.2, 0.25) is 0 Å². The molecule has 0 N–H and O–H groups in total. The summed E-state index contributed by atoms with van der Waals surface area (Å²) in [6.07, 6.45) is 1.53. The molecule has 18 heavy (non-hydrogen) atoms. The van der Waals surface area contributed by atoms with Crippen LogP contribution in [-0.4, -0.2) is 19.0 Å².